The van der Waals surface area contributed by atoms with Crippen molar-refractivity contribution in [2.45, 2.75) is 52.0 Å². The van der Waals surface area contributed by atoms with Crippen LogP contribution in [0.2, 0.25) is 0 Å². The summed E-state index contributed by atoms with van der Waals surface area (Å²) in [4.78, 5) is 17.0. The lowest BCUT2D eigenvalue weighted by Gasteiger charge is -2.25. The average molecular weight is 393 g/mol. The summed E-state index contributed by atoms with van der Waals surface area (Å²) < 4.78 is 5.30. The second-order valence-electron chi connectivity index (χ2n) is 8.06. The van der Waals surface area contributed by atoms with E-state index in [4.69, 9.17) is 4.52 Å². The minimum atomic E-state index is -0.146. The molecule has 3 aromatic rings. The molecule has 3 rings (SSSR count). The van der Waals surface area contributed by atoms with Crippen LogP contribution >= 0.6 is 0 Å². The van der Waals surface area contributed by atoms with Gasteiger partial charge in [0.05, 0.1) is 12.2 Å². The van der Waals surface area contributed by atoms with Gasteiger partial charge in [0, 0.05) is 18.3 Å². The smallest absolute Gasteiger partial charge is 0.238 e. The van der Waals surface area contributed by atoms with Gasteiger partial charge >= 0.3 is 0 Å². The summed E-state index contributed by atoms with van der Waals surface area (Å²) in [6, 6.07) is 19.9. The molecule has 2 aromatic carbocycles. The lowest BCUT2D eigenvalue weighted by atomic mass is 9.96. The number of aryl methyl sites for hydroxylation is 1. The summed E-state index contributed by atoms with van der Waals surface area (Å²) in [6.45, 7) is 6.72. The van der Waals surface area contributed by atoms with Crippen LogP contribution in [0.25, 0.3) is 0 Å². The first-order valence-electron chi connectivity index (χ1n) is 9.91. The molecule has 0 atom stereocenters. The van der Waals surface area contributed by atoms with Crippen LogP contribution in [0.15, 0.2) is 65.2 Å². The van der Waals surface area contributed by atoms with Crippen molar-refractivity contribution < 1.29 is 9.32 Å². The van der Waals surface area contributed by atoms with Crippen molar-refractivity contribution in [1.29, 1.82) is 0 Å². The molecule has 1 amide bonds. The van der Waals surface area contributed by atoms with Crippen LogP contribution in [0.3, 0.4) is 0 Å². The molecule has 0 radical (unpaired) electrons. The lowest BCUT2D eigenvalue weighted by molar-refractivity contribution is -0.121. The van der Waals surface area contributed by atoms with E-state index in [2.05, 4.69) is 15.6 Å². The van der Waals surface area contributed by atoms with Gasteiger partial charge in [-0.25, -0.2) is 0 Å². The van der Waals surface area contributed by atoms with E-state index >= 15 is 0 Å². The van der Waals surface area contributed by atoms with Gasteiger partial charge in [-0.3, -0.25) is 15.2 Å². The van der Waals surface area contributed by atoms with Gasteiger partial charge in [0.1, 0.15) is 0 Å². The fraction of sp³-hybridized carbons (Fsp3) is 0.348. The van der Waals surface area contributed by atoms with Gasteiger partial charge in [0.2, 0.25) is 11.8 Å². The van der Waals surface area contributed by atoms with Crippen LogP contribution in [-0.4, -0.2) is 16.0 Å². The highest BCUT2D eigenvalue weighted by molar-refractivity contribution is 5.77. The monoisotopic (exact) mass is 392 g/mol. The van der Waals surface area contributed by atoms with Gasteiger partial charge in [-0.15, -0.1) is 0 Å². The highest BCUT2D eigenvalue weighted by Gasteiger charge is 2.21. The minimum absolute atomic E-state index is 0.0413. The average Bonchev–Trinajstić information content (AvgIpc) is 3.18. The van der Waals surface area contributed by atoms with Crippen molar-refractivity contribution in [3.8, 4) is 0 Å². The van der Waals surface area contributed by atoms with Crippen molar-refractivity contribution in [1.82, 2.24) is 15.6 Å². The molecule has 0 saturated heterocycles. The summed E-state index contributed by atoms with van der Waals surface area (Å²) >= 11 is 0. The van der Waals surface area contributed by atoms with Crippen LogP contribution in [0, 0.1) is 0 Å². The van der Waals surface area contributed by atoms with Crippen LogP contribution in [0.5, 0.6) is 0 Å². The molecule has 0 aliphatic heterocycles. The second kappa shape index (κ2) is 9.37. The third-order valence-electron chi connectivity index (χ3n) is 4.44. The summed E-state index contributed by atoms with van der Waals surface area (Å²) in [5.41, 5.74) is 4.94. The van der Waals surface area contributed by atoms with Crippen molar-refractivity contribution in [2.24, 2.45) is 0 Å². The predicted molar refractivity (Wildman–Crippen MR) is 113 cm³/mol. The zero-order chi connectivity index (χ0) is 20.7. The van der Waals surface area contributed by atoms with Crippen molar-refractivity contribution >= 4 is 11.6 Å². The number of nitrogens with one attached hydrogen (secondary N) is 1. The molecule has 1 N–H and O–H groups in total. The summed E-state index contributed by atoms with van der Waals surface area (Å²) in [6.07, 6.45) is 1.61. The Bertz CT molecular complexity index is 901. The number of hydrogen-bond donors (Lipinski definition) is 1. The first-order chi connectivity index (χ1) is 13.9. The molecular formula is C23H28N4O2. The fourth-order valence-electron chi connectivity index (χ4n) is 2.84. The van der Waals surface area contributed by atoms with E-state index in [0.717, 1.165) is 11.3 Å². The molecule has 0 saturated carbocycles. The van der Waals surface area contributed by atoms with E-state index in [1.165, 1.54) is 0 Å². The molecule has 6 nitrogen and oxygen atoms in total. The molecule has 0 aliphatic carbocycles. The predicted octanol–water partition coefficient (Wildman–Crippen LogP) is 4.43. The number of para-hydroxylation sites is 1. The second-order valence-corrected chi connectivity index (χ2v) is 8.06. The van der Waals surface area contributed by atoms with E-state index in [1.54, 1.807) is 0 Å². The quantitative estimate of drug-likeness (QED) is 0.574. The summed E-state index contributed by atoms with van der Waals surface area (Å²) in [5.74, 6) is 1.22. The molecule has 29 heavy (non-hydrogen) atoms. The van der Waals surface area contributed by atoms with Crippen molar-refractivity contribution in [3.63, 3.8) is 0 Å². The maximum atomic E-state index is 12.6. The maximum absolute atomic E-state index is 12.6. The number of benzene rings is 2. The Labute approximate surface area is 171 Å². The van der Waals surface area contributed by atoms with Gasteiger partial charge in [-0.1, -0.05) is 74.5 Å². The summed E-state index contributed by atoms with van der Waals surface area (Å²) in [7, 11) is 0. The number of anilines is 1. The Hall–Kier alpha value is -3.15. The minimum Gasteiger partial charge on any atom is -0.339 e. The van der Waals surface area contributed by atoms with Crippen LogP contribution < -0.4 is 10.4 Å². The Morgan fingerprint density at radius 1 is 1.03 bits per heavy atom. The number of nitrogens with zero attached hydrogens (tertiary/aromatic N) is 3. The van der Waals surface area contributed by atoms with Crippen molar-refractivity contribution in [2.75, 3.05) is 5.01 Å². The maximum Gasteiger partial charge on any atom is 0.238 e. The molecule has 0 aliphatic rings. The normalized spacial score (nSPS) is 11.3. The van der Waals surface area contributed by atoms with E-state index < -0.39 is 0 Å². The zero-order valence-electron chi connectivity index (χ0n) is 17.3. The van der Waals surface area contributed by atoms with Gasteiger partial charge in [-0.05, 0) is 24.1 Å². The van der Waals surface area contributed by atoms with E-state index in [0.29, 0.717) is 37.5 Å². The molecule has 0 unspecified atom stereocenters. The number of aromatic nitrogens is 2. The number of hydrazine groups is 1. The Morgan fingerprint density at radius 3 is 2.31 bits per heavy atom. The van der Waals surface area contributed by atoms with Gasteiger partial charge in [0.25, 0.3) is 0 Å². The molecule has 6 heteroatoms. The number of hydrogen-bond acceptors (Lipinski definition) is 5. The Morgan fingerprint density at radius 2 is 1.69 bits per heavy atom. The van der Waals surface area contributed by atoms with Gasteiger partial charge < -0.3 is 4.52 Å². The topological polar surface area (TPSA) is 71.3 Å². The molecule has 0 spiro atoms. The highest BCUT2D eigenvalue weighted by Crippen LogP contribution is 2.19. The molecule has 1 aromatic heterocycles. The third-order valence-corrected chi connectivity index (χ3v) is 4.44. The van der Waals surface area contributed by atoms with Crippen LogP contribution in [-0.2, 0) is 23.2 Å². The van der Waals surface area contributed by atoms with Gasteiger partial charge in [0.15, 0.2) is 5.82 Å². The third kappa shape index (κ3) is 6.17. The van der Waals surface area contributed by atoms with Crippen LogP contribution in [0.4, 0.5) is 5.69 Å². The number of rotatable bonds is 8. The van der Waals surface area contributed by atoms with Crippen molar-refractivity contribution in [3.05, 3.63) is 77.9 Å². The number of carbonyl (C=O) groups excluding carboxylic acids is 1. The van der Waals surface area contributed by atoms with E-state index in [-0.39, 0.29) is 11.3 Å². The number of amides is 1. The molecule has 0 bridgehead atoms. The molecule has 0 fully saturated rings. The highest BCUT2D eigenvalue weighted by atomic mass is 16.5. The van der Waals surface area contributed by atoms with E-state index in [1.807, 2.05) is 86.4 Å². The zero-order valence-corrected chi connectivity index (χ0v) is 17.3. The lowest BCUT2D eigenvalue weighted by Crippen LogP contribution is -2.41. The first-order valence-corrected chi connectivity index (χ1v) is 9.91. The Balaban J connectivity index is 1.56. The molecular weight excluding hydrogens is 364 g/mol. The standard InChI is InChI=1S/C23H28N4O2/c1-23(2,3)22-24-21(29-26-22)16-10-15-20(28)25-27(19-13-8-5-9-14-19)17-18-11-6-4-7-12-18/h4-9,11-14H,10,15-17H2,1-3H3,(H,25,28). The van der Waals surface area contributed by atoms with E-state index in [9.17, 15) is 4.79 Å². The Kier molecular flexibility index (Phi) is 6.65. The molecule has 152 valence electrons. The van der Waals surface area contributed by atoms with Gasteiger partial charge in [-0.2, -0.15) is 4.98 Å². The summed E-state index contributed by atoms with van der Waals surface area (Å²) in [5, 5.41) is 5.90. The van der Waals surface area contributed by atoms with Crippen LogP contribution in [0.1, 0.15) is 50.9 Å². The largest absolute Gasteiger partial charge is 0.339 e. The SMILES string of the molecule is CC(C)(C)c1noc(CCCC(=O)NN(Cc2ccccc2)c2ccccc2)n1. The first kappa shape index (κ1) is 20.6. The molecule has 1 heterocycles. The fourth-order valence-corrected chi connectivity index (χ4v) is 2.84. The number of carbonyl (C=O) groups is 1.